The van der Waals surface area contributed by atoms with Gasteiger partial charge in [0, 0.05) is 40.8 Å². The van der Waals surface area contributed by atoms with E-state index in [1.807, 2.05) is 44.3 Å². The third-order valence-electron chi connectivity index (χ3n) is 5.91. The molecule has 1 heterocycles. The van der Waals surface area contributed by atoms with Gasteiger partial charge in [-0.2, -0.15) is 0 Å². The number of benzene rings is 3. The Labute approximate surface area is 232 Å². The molecule has 39 heavy (non-hydrogen) atoms. The number of aromatic nitrogens is 1. The number of aliphatic hydroxyl groups is 1. The summed E-state index contributed by atoms with van der Waals surface area (Å²) in [6.45, 7) is 4.97. The number of hydrogen-bond acceptors (Lipinski definition) is 4. The summed E-state index contributed by atoms with van der Waals surface area (Å²) in [5.74, 6) is 5.94. The summed E-state index contributed by atoms with van der Waals surface area (Å²) in [5, 5.41) is 17.1. The van der Waals surface area contributed by atoms with E-state index in [4.69, 9.17) is 16.3 Å². The molecule has 200 valence electrons. The summed E-state index contributed by atoms with van der Waals surface area (Å²) in [6.07, 6.45) is 2.21. The first-order chi connectivity index (χ1) is 18.7. The molecule has 8 heteroatoms. The summed E-state index contributed by atoms with van der Waals surface area (Å²) < 4.78 is 5.89. The molecule has 0 fully saturated rings. The molecule has 0 unspecified atom stereocenters. The zero-order valence-electron chi connectivity index (χ0n) is 22.0. The topological polar surface area (TPSA) is 103 Å². The molecule has 1 atom stereocenters. The Morgan fingerprint density at radius 1 is 1.08 bits per heavy atom. The van der Waals surface area contributed by atoms with E-state index in [1.165, 1.54) is 6.92 Å². The maximum absolute atomic E-state index is 13.4. The molecule has 4 N–H and O–H groups in total. The largest absolute Gasteiger partial charge is 0.490 e. The van der Waals surface area contributed by atoms with Gasteiger partial charge < -0.3 is 25.5 Å². The Balaban J connectivity index is 1.57. The van der Waals surface area contributed by atoms with E-state index in [2.05, 4.69) is 27.5 Å². The van der Waals surface area contributed by atoms with Gasteiger partial charge >= 0.3 is 0 Å². The van der Waals surface area contributed by atoms with E-state index in [0.717, 1.165) is 16.5 Å². The highest BCUT2D eigenvalue weighted by Crippen LogP contribution is 2.24. The lowest BCUT2D eigenvalue weighted by atomic mass is 10.0. The average Bonchev–Trinajstić information content (AvgIpc) is 3.30. The molecule has 0 saturated carbocycles. The number of rotatable bonds is 8. The molecule has 0 aliphatic carbocycles. The second kappa shape index (κ2) is 12.5. The summed E-state index contributed by atoms with van der Waals surface area (Å²) in [6, 6.07) is 17.6. The number of aromatic amines is 1. The normalized spacial score (nSPS) is 11.5. The number of ether oxygens (including phenoxy) is 1. The van der Waals surface area contributed by atoms with Crippen molar-refractivity contribution >= 4 is 40.0 Å². The van der Waals surface area contributed by atoms with Crippen molar-refractivity contribution in [2.45, 2.75) is 39.3 Å². The van der Waals surface area contributed by atoms with Crippen molar-refractivity contribution in [3.05, 3.63) is 94.1 Å². The zero-order chi connectivity index (χ0) is 27.9. The number of nitrogens with one attached hydrogen (secondary N) is 3. The summed E-state index contributed by atoms with van der Waals surface area (Å²) in [4.78, 5) is 27.9. The summed E-state index contributed by atoms with van der Waals surface area (Å²) in [5.41, 5.74) is 4.08. The van der Waals surface area contributed by atoms with Gasteiger partial charge in [-0.05, 0) is 68.3 Å². The van der Waals surface area contributed by atoms with Crippen LogP contribution in [-0.2, 0) is 11.2 Å². The van der Waals surface area contributed by atoms with Crippen molar-refractivity contribution < 1.29 is 19.4 Å². The van der Waals surface area contributed by atoms with E-state index in [1.54, 1.807) is 36.4 Å². The van der Waals surface area contributed by atoms with Crippen LogP contribution in [0.25, 0.3) is 10.9 Å². The number of para-hydroxylation sites is 1. The van der Waals surface area contributed by atoms with E-state index >= 15 is 0 Å². The van der Waals surface area contributed by atoms with Crippen molar-refractivity contribution in [1.82, 2.24) is 10.3 Å². The van der Waals surface area contributed by atoms with Gasteiger partial charge in [0.2, 0.25) is 5.91 Å². The highest BCUT2D eigenvalue weighted by atomic mass is 35.5. The maximum Gasteiger partial charge on any atom is 0.255 e. The van der Waals surface area contributed by atoms with Crippen LogP contribution >= 0.6 is 11.6 Å². The van der Waals surface area contributed by atoms with Crippen LogP contribution in [0, 0.1) is 11.8 Å². The second-order valence-corrected chi connectivity index (χ2v) is 9.83. The van der Waals surface area contributed by atoms with E-state index < -0.39 is 6.04 Å². The average molecular weight is 544 g/mol. The van der Waals surface area contributed by atoms with Gasteiger partial charge in [0.1, 0.15) is 5.75 Å². The minimum absolute atomic E-state index is 0.144. The van der Waals surface area contributed by atoms with Gasteiger partial charge in [-0.15, -0.1) is 0 Å². The Morgan fingerprint density at radius 3 is 2.59 bits per heavy atom. The standard InChI is InChI=1S/C31H30ClN3O4/c1-19(2)39-30-13-9-21(8-10-22-11-12-24(16-28(22)32)34-20(3)37)14-27(30)31(38)35-25(18-36)15-23-17-33-29-7-5-4-6-26(23)29/h4-7,9,11-14,16-17,19,25,33,36H,15,18H2,1-3H3,(H,34,37)(H,35,38)/t25-/m1/s1. The number of H-pyrrole nitrogens is 1. The van der Waals surface area contributed by atoms with Crippen molar-refractivity contribution in [1.29, 1.82) is 0 Å². The van der Waals surface area contributed by atoms with E-state index in [0.29, 0.717) is 39.6 Å². The van der Waals surface area contributed by atoms with Crippen LogP contribution in [0.2, 0.25) is 5.02 Å². The number of fused-ring (bicyclic) bond motifs is 1. The molecule has 0 radical (unpaired) electrons. The minimum atomic E-state index is -0.501. The van der Waals surface area contributed by atoms with Crippen molar-refractivity contribution in [3.8, 4) is 17.6 Å². The minimum Gasteiger partial charge on any atom is -0.490 e. The van der Waals surface area contributed by atoms with Gasteiger partial charge in [0.15, 0.2) is 0 Å². The highest BCUT2D eigenvalue weighted by molar-refractivity contribution is 6.32. The van der Waals surface area contributed by atoms with E-state index in [9.17, 15) is 14.7 Å². The van der Waals surface area contributed by atoms with Gasteiger partial charge in [-0.25, -0.2) is 0 Å². The molecule has 1 aromatic heterocycles. The first-order valence-corrected chi connectivity index (χ1v) is 13.0. The van der Waals surface area contributed by atoms with Crippen molar-refractivity contribution in [3.63, 3.8) is 0 Å². The van der Waals surface area contributed by atoms with Crippen LogP contribution in [0.3, 0.4) is 0 Å². The van der Waals surface area contributed by atoms with Crippen LogP contribution in [0.1, 0.15) is 47.8 Å². The van der Waals surface area contributed by atoms with Crippen molar-refractivity contribution in [2.24, 2.45) is 0 Å². The Kier molecular flexibility index (Phi) is 8.92. The molecule has 0 saturated heterocycles. The second-order valence-electron chi connectivity index (χ2n) is 9.42. The molecule has 0 aliphatic heterocycles. The van der Waals surface area contributed by atoms with Gasteiger partial charge in [0.25, 0.3) is 5.91 Å². The molecule has 0 bridgehead atoms. The number of aliphatic hydroxyl groups excluding tert-OH is 1. The lowest BCUT2D eigenvalue weighted by molar-refractivity contribution is -0.114. The third kappa shape index (κ3) is 7.20. The number of hydrogen-bond donors (Lipinski definition) is 4. The lowest BCUT2D eigenvalue weighted by Crippen LogP contribution is -2.39. The molecule has 7 nitrogen and oxygen atoms in total. The lowest BCUT2D eigenvalue weighted by Gasteiger charge is -2.19. The monoisotopic (exact) mass is 543 g/mol. The number of anilines is 1. The molecule has 0 spiro atoms. The van der Waals surface area contributed by atoms with Crippen LogP contribution < -0.4 is 15.4 Å². The summed E-state index contributed by atoms with van der Waals surface area (Å²) >= 11 is 6.35. The Bertz CT molecular complexity index is 1570. The Hall–Kier alpha value is -4.25. The molecule has 3 aromatic carbocycles. The number of carbonyl (C=O) groups is 2. The molecule has 4 aromatic rings. The van der Waals surface area contributed by atoms with Crippen LogP contribution in [0.4, 0.5) is 5.69 Å². The highest BCUT2D eigenvalue weighted by Gasteiger charge is 2.19. The van der Waals surface area contributed by atoms with Gasteiger partial charge in [0.05, 0.1) is 29.3 Å². The first kappa shape index (κ1) is 27.8. The first-order valence-electron chi connectivity index (χ1n) is 12.6. The fourth-order valence-corrected chi connectivity index (χ4v) is 4.40. The fraction of sp³-hybridized carbons (Fsp3) is 0.226. The Morgan fingerprint density at radius 2 is 1.87 bits per heavy atom. The SMILES string of the molecule is CC(=O)Nc1ccc(C#Cc2ccc(OC(C)C)c(C(=O)N[C@@H](CO)Cc3c[nH]c4ccccc34)c2)c(Cl)c1. The predicted octanol–water partition coefficient (Wildman–Crippen LogP) is 5.30. The molecule has 0 aliphatic rings. The number of halogens is 1. The third-order valence-corrected chi connectivity index (χ3v) is 6.23. The molecule has 2 amide bonds. The predicted molar refractivity (Wildman–Crippen MR) is 154 cm³/mol. The maximum atomic E-state index is 13.4. The number of carbonyl (C=O) groups excluding carboxylic acids is 2. The fourth-order valence-electron chi connectivity index (χ4n) is 4.17. The molecular weight excluding hydrogens is 514 g/mol. The molecular formula is C31H30ClN3O4. The smallest absolute Gasteiger partial charge is 0.255 e. The van der Waals surface area contributed by atoms with Crippen LogP contribution in [-0.4, -0.2) is 40.7 Å². The summed E-state index contributed by atoms with van der Waals surface area (Å²) in [7, 11) is 0. The van der Waals surface area contributed by atoms with Gasteiger partial charge in [-0.3, -0.25) is 9.59 Å². The zero-order valence-corrected chi connectivity index (χ0v) is 22.7. The number of amides is 2. The van der Waals surface area contributed by atoms with Crippen molar-refractivity contribution in [2.75, 3.05) is 11.9 Å². The van der Waals surface area contributed by atoms with E-state index in [-0.39, 0.29) is 24.5 Å². The molecule has 4 rings (SSSR count). The van der Waals surface area contributed by atoms with Crippen LogP contribution in [0.5, 0.6) is 5.75 Å². The van der Waals surface area contributed by atoms with Crippen LogP contribution in [0.15, 0.2) is 66.9 Å². The quantitative estimate of drug-likeness (QED) is 0.226. The van der Waals surface area contributed by atoms with Gasteiger partial charge in [-0.1, -0.05) is 41.6 Å².